The highest BCUT2D eigenvalue weighted by Gasteiger charge is 2.37. The van der Waals surface area contributed by atoms with Crippen LogP contribution in [0.25, 0.3) is 0 Å². The van der Waals surface area contributed by atoms with E-state index in [-0.39, 0.29) is 5.75 Å². The first kappa shape index (κ1) is 9.68. The molecule has 0 fully saturated rings. The zero-order valence-corrected chi connectivity index (χ0v) is 6.25. The van der Waals surface area contributed by atoms with Crippen molar-refractivity contribution in [3.63, 3.8) is 0 Å². The molecule has 0 saturated heterocycles. The van der Waals surface area contributed by atoms with Crippen molar-refractivity contribution in [2.75, 3.05) is 12.0 Å². The minimum Gasteiger partial charge on any atom is -0.477 e. The molecule has 0 radical (unpaired) electrons. The topological polar surface area (TPSA) is 37.3 Å². The Morgan fingerprint density at radius 2 is 2.20 bits per heavy atom. The third-order valence-corrected chi connectivity index (χ3v) is 1.55. The van der Waals surface area contributed by atoms with Gasteiger partial charge in [0.2, 0.25) is 0 Å². The zero-order valence-electron chi connectivity index (χ0n) is 5.43. The second kappa shape index (κ2) is 3.75. The van der Waals surface area contributed by atoms with Gasteiger partial charge in [-0.15, -0.1) is 0 Å². The molecule has 0 amide bonds. The van der Waals surface area contributed by atoms with Crippen LogP contribution in [0.2, 0.25) is 0 Å². The molecule has 1 N–H and O–H groups in total. The standard InChI is InChI=1S/C5H8F2O2S/c1-10-3-2-5(6,7)4(8)9/h2-3H2,1H3,(H,8,9). The van der Waals surface area contributed by atoms with Crippen LogP contribution in [0.4, 0.5) is 8.78 Å². The summed E-state index contributed by atoms with van der Waals surface area (Å²) in [5.74, 6) is -5.43. The van der Waals surface area contributed by atoms with Crippen LogP contribution >= 0.6 is 11.8 Å². The smallest absolute Gasteiger partial charge is 0.374 e. The number of hydrogen-bond donors (Lipinski definition) is 1. The monoisotopic (exact) mass is 170 g/mol. The summed E-state index contributed by atoms with van der Waals surface area (Å²) in [7, 11) is 0. The van der Waals surface area contributed by atoms with Crippen molar-refractivity contribution in [3.05, 3.63) is 0 Å². The fourth-order valence-corrected chi connectivity index (χ4v) is 0.798. The molecule has 0 heterocycles. The minimum absolute atomic E-state index is 0.166. The number of carbonyl (C=O) groups is 1. The van der Waals surface area contributed by atoms with E-state index >= 15 is 0 Å². The van der Waals surface area contributed by atoms with Crippen LogP contribution in [-0.2, 0) is 4.79 Å². The fourth-order valence-electron chi connectivity index (χ4n) is 0.337. The molecule has 0 aliphatic heterocycles. The maximum Gasteiger partial charge on any atom is 0.374 e. The van der Waals surface area contributed by atoms with E-state index < -0.39 is 18.3 Å². The SMILES string of the molecule is CSCCC(F)(F)C(=O)O. The van der Waals surface area contributed by atoms with Crippen molar-refractivity contribution >= 4 is 17.7 Å². The number of aliphatic carboxylic acids is 1. The van der Waals surface area contributed by atoms with E-state index in [4.69, 9.17) is 5.11 Å². The summed E-state index contributed by atoms with van der Waals surface area (Å²) in [5.41, 5.74) is 0. The van der Waals surface area contributed by atoms with Gasteiger partial charge in [-0.1, -0.05) is 0 Å². The van der Waals surface area contributed by atoms with Gasteiger partial charge in [-0.3, -0.25) is 0 Å². The Morgan fingerprint density at radius 3 is 2.50 bits per heavy atom. The summed E-state index contributed by atoms with van der Waals surface area (Å²) in [6.07, 6.45) is 1.06. The summed E-state index contributed by atoms with van der Waals surface area (Å²) < 4.78 is 24.2. The van der Waals surface area contributed by atoms with E-state index in [1.807, 2.05) is 0 Å². The third kappa shape index (κ3) is 3.00. The molecule has 0 aliphatic rings. The quantitative estimate of drug-likeness (QED) is 0.694. The van der Waals surface area contributed by atoms with Gasteiger partial charge in [-0.05, 0) is 12.0 Å². The largest absolute Gasteiger partial charge is 0.477 e. The lowest BCUT2D eigenvalue weighted by atomic mass is 10.3. The van der Waals surface area contributed by atoms with Crippen LogP contribution in [0.15, 0.2) is 0 Å². The summed E-state index contributed by atoms with van der Waals surface area (Å²) in [5, 5.41) is 7.91. The van der Waals surface area contributed by atoms with Crippen molar-refractivity contribution in [2.24, 2.45) is 0 Å². The molecule has 0 unspecified atom stereocenters. The van der Waals surface area contributed by atoms with Gasteiger partial charge in [0.1, 0.15) is 0 Å². The lowest BCUT2D eigenvalue weighted by Crippen LogP contribution is -2.28. The molecule has 5 heteroatoms. The Bertz CT molecular complexity index is 127. The Balaban J connectivity index is 3.75. The number of halogens is 2. The van der Waals surface area contributed by atoms with Crippen molar-refractivity contribution in [1.82, 2.24) is 0 Å². The van der Waals surface area contributed by atoms with Crippen LogP contribution in [0, 0.1) is 0 Å². The highest BCUT2D eigenvalue weighted by Crippen LogP contribution is 2.19. The lowest BCUT2D eigenvalue weighted by Gasteiger charge is -2.08. The first-order chi connectivity index (χ1) is 4.50. The second-order valence-corrected chi connectivity index (χ2v) is 2.74. The summed E-state index contributed by atoms with van der Waals surface area (Å²) in [6.45, 7) is 0. The normalized spacial score (nSPS) is 11.5. The molecule has 0 aliphatic carbocycles. The van der Waals surface area contributed by atoms with E-state index in [1.54, 1.807) is 6.26 Å². The van der Waals surface area contributed by atoms with E-state index in [9.17, 15) is 13.6 Å². The molecule has 0 rings (SSSR count). The maximum absolute atomic E-state index is 12.1. The van der Waals surface area contributed by atoms with Gasteiger partial charge in [-0.25, -0.2) is 4.79 Å². The van der Waals surface area contributed by atoms with E-state index in [0.717, 1.165) is 0 Å². The van der Waals surface area contributed by atoms with Gasteiger partial charge in [0.05, 0.1) is 0 Å². The predicted molar refractivity (Wildman–Crippen MR) is 35.6 cm³/mol. The van der Waals surface area contributed by atoms with Gasteiger partial charge in [0.25, 0.3) is 0 Å². The molecule has 2 nitrogen and oxygen atoms in total. The van der Waals surface area contributed by atoms with Gasteiger partial charge in [0, 0.05) is 6.42 Å². The highest BCUT2D eigenvalue weighted by atomic mass is 32.2. The Morgan fingerprint density at radius 1 is 1.70 bits per heavy atom. The van der Waals surface area contributed by atoms with Crippen molar-refractivity contribution < 1.29 is 18.7 Å². The van der Waals surface area contributed by atoms with E-state index in [2.05, 4.69) is 0 Å². The molecular formula is C5H8F2O2S. The molecule has 0 aromatic carbocycles. The molecule has 0 bridgehead atoms. The van der Waals surface area contributed by atoms with Gasteiger partial charge >= 0.3 is 11.9 Å². The fraction of sp³-hybridized carbons (Fsp3) is 0.800. The molecule has 0 spiro atoms. The first-order valence-corrected chi connectivity index (χ1v) is 4.00. The lowest BCUT2D eigenvalue weighted by molar-refractivity contribution is -0.164. The number of carboxylic acids is 1. The molecule has 0 atom stereocenters. The van der Waals surface area contributed by atoms with Crippen molar-refractivity contribution in [1.29, 1.82) is 0 Å². The average Bonchev–Trinajstić information content (AvgIpc) is 1.84. The summed E-state index contributed by atoms with van der Waals surface area (Å²) in [6, 6.07) is 0. The number of carboxylic acid groups (broad SMARTS) is 1. The van der Waals surface area contributed by atoms with Gasteiger partial charge < -0.3 is 5.11 Å². The molecule has 60 valence electrons. The average molecular weight is 170 g/mol. The highest BCUT2D eigenvalue weighted by molar-refractivity contribution is 7.98. The molecule has 0 aromatic rings. The first-order valence-electron chi connectivity index (χ1n) is 2.61. The Kier molecular flexibility index (Phi) is 3.63. The van der Waals surface area contributed by atoms with Crippen LogP contribution in [-0.4, -0.2) is 29.0 Å². The predicted octanol–water partition coefficient (Wildman–Crippen LogP) is 1.46. The Hall–Kier alpha value is -0.320. The number of hydrogen-bond acceptors (Lipinski definition) is 2. The molecule has 0 aromatic heterocycles. The molecule has 0 saturated carbocycles. The summed E-state index contributed by atoms with van der Waals surface area (Å²) >= 11 is 1.20. The van der Waals surface area contributed by atoms with Crippen molar-refractivity contribution in [3.8, 4) is 0 Å². The number of thioether (sulfide) groups is 1. The Labute approximate surface area is 61.6 Å². The molecular weight excluding hydrogens is 162 g/mol. The number of alkyl halides is 2. The van der Waals surface area contributed by atoms with Crippen LogP contribution in [0.5, 0.6) is 0 Å². The van der Waals surface area contributed by atoms with Crippen LogP contribution < -0.4 is 0 Å². The third-order valence-electron chi connectivity index (χ3n) is 0.933. The van der Waals surface area contributed by atoms with Crippen molar-refractivity contribution in [2.45, 2.75) is 12.3 Å². The van der Waals surface area contributed by atoms with E-state index in [1.165, 1.54) is 11.8 Å². The summed E-state index contributed by atoms with van der Waals surface area (Å²) in [4.78, 5) is 9.77. The maximum atomic E-state index is 12.1. The minimum atomic E-state index is -3.55. The van der Waals surface area contributed by atoms with Gasteiger partial charge in [-0.2, -0.15) is 20.5 Å². The van der Waals surface area contributed by atoms with E-state index in [0.29, 0.717) is 0 Å². The van der Waals surface area contributed by atoms with Gasteiger partial charge in [0.15, 0.2) is 0 Å². The zero-order chi connectivity index (χ0) is 8.20. The second-order valence-electron chi connectivity index (χ2n) is 1.75. The number of rotatable bonds is 4. The van der Waals surface area contributed by atoms with Crippen LogP contribution in [0.1, 0.15) is 6.42 Å². The van der Waals surface area contributed by atoms with Crippen LogP contribution in [0.3, 0.4) is 0 Å². The molecule has 10 heavy (non-hydrogen) atoms.